The van der Waals surface area contributed by atoms with Crippen LogP contribution in [0.4, 0.5) is 0 Å². The van der Waals surface area contributed by atoms with E-state index in [2.05, 4.69) is 0 Å². The number of Topliss-reactive ketones (excluding diaryl/α,β-unsaturated/α-hetero) is 1. The molecule has 0 saturated heterocycles. The van der Waals surface area contributed by atoms with Gasteiger partial charge in [-0.3, -0.25) is 9.59 Å². The van der Waals surface area contributed by atoms with E-state index < -0.39 is 12.0 Å². The van der Waals surface area contributed by atoms with E-state index in [0.717, 1.165) is 18.5 Å². The predicted octanol–water partition coefficient (Wildman–Crippen LogP) is 3.04. The Morgan fingerprint density at radius 3 is 2.23 bits per heavy atom. The maximum Gasteiger partial charge on any atom is 0.355 e. The summed E-state index contributed by atoms with van der Waals surface area (Å²) in [4.78, 5) is 39.9. The lowest BCUT2D eigenvalue weighted by Crippen LogP contribution is -2.46. The molecule has 6 heteroatoms. The molecule has 1 aliphatic carbocycles. The highest BCUT2D eigenvalue weighted by Crippen LogP contribution is 2.32. The summed E-state index contributed by atoms with van der Waals surface area (Å²) in [6.45, 7) is 11.1. The highest BCUT2D eigenvalue weighted by molar-refractivity contribution is 6.06. The lowest BCUT2D eigenvalue weighted by Gasteiger charge is -2.30. The summed E-state index contributed by atoms with van der Waals surface area (Å²) in [5.41, 5.74) is 2.25. The van der Waals surface area contributed by atoms with Crippen LogP contribution in [0.1, 0.15) is 72.6 Å². The number of carbonyl (C=O) groups excluding carboxylic acids is 3. The smallest absolute Gasteiger partial charge is 0.355 e. The molecular weight excluding hydrogens is 332 g/mol. The molecule has 144 valence electrons. The predicted molar refractivity (Wildman–Crippen MR) is 99.3 cm³/mol. The van der Waals surface area contributed by atoms with Crippen LogP contribution < -0.4 is 0 Å². The van der Waals surface area contributed by atoms with Crippen molar-refractivity contribution in [1.29, 1.82) is 0 Å². The third-order valence-electron chi connectivity index (χ3n) is 5.13. The van der Waals surface area contributed by atoms with Crippen molar-refractivity contribution in [2.75, 3.05) is 6.61 Å². The van der Waals surface area contributed by atoms with Gasteiger partial charge < -0.3 is 14.2 Å². The number of amides is 1. The standard InChI is InChI=1S/C20H30N2O4/c1-8-26-20(25)17-12(4)16(13(5)21(17)7)18(23)14(6)22(15-9-10-15)19(24)11(2)3/h11,14-15H,8-10H2,1-7H3. The van der Waals surface area contributed by atoms with Crippen LogP contribution in [0.2, 0.25) is 0 Å². The van der Waals surface area contributed by atoms with Gasteiger partial charge in [-0.2, -0.15) is 0 Å². The Morgan fingerprint density at radius 2 is 1.77 bits per heavy atom. The number of rotatable bonds is 7. The van der Waals surface area contributed by atoms with Gasteiger partial charge in [0.25, 0.3) is 0 Å². The zero-order valence-corrected chi connectivity index (χ0v) is 16.9. The molecule has 2 rings (SSSR count). The molecule has 1 saturated carbocycles. The molecule has 26 heavy (non-hydrogen) atoms. The van der Waals surface area contributed by atoms with Gasteiger partial charge in [-0.05, 0) is 46.1 Å². The maximum absolute atomic E-state index is 13.3. The molecule has 0 aromatic carbocycles. The van der Waals surface area contributed by atoms with Gasteiger partial charge in [0, 0.05) is 30.3 Å². The number of ether oxygens (including phenoxy) is 1. The molecule has 6 nitrogen and oxygen atoms in total. The first-order valence-corrected chi connectivity index (χ1v) is 9.32. The van der Waals surface area contributed by atoms with Crippen molar-refractivity contribution in [3.63, 3.8) is 0 Å². The fraction of sp³-hybridized carbons (Fsp3) is 0.650. The van der Waals surface area contributed by atoms with Gasteiger partial charge in [0.2, 0.25) is 5.91 Å². The second kappa shape index (κ2) is 7.64. The average molecular weight is 362 g/mol. The second-order valence-electron chi connectivity index (χ2n) is 7.39. The molecule has 0 spiro atoms. The number of carbonyl (C=O) groups is 3. The van der Waals surface area contributed by atoms with Gasteiger partial charge in [0.15, 0.2) is 5.78 Å². The minimum atomic E-state index is -0.549. The Labute approximate surface area is 155 Å². The minimum absolute atomic E-state index is 0.00482. The molecule has 1 amide bonds. The van der Waals surface area contributed by atoms with Crippen LogP contribution in [0.3, 0.4) is 0 Å². The summed E-state index contributed by atoms with van der Waals surface area (Å²) >= 11 is 0. The molecule has 1 fully saturated rings. The molecule has 1 heterocycles. The summed E-state index contributed by atoms with van der Waals surface area (Å²) in [7, 11) is 1.76. The van der Waals surface area contributed by atoms with E-state index >= 15 is 0 Å². The van der Waals surface area contributed by atoms with Crippen molar-refractivity contribution in [1.82, 2.24) is 9.47 Å². The van der Waals surface area contributed by atoms with Crippen molar-refractivity contribution < 1.29 is 19.1 Å². The Balaban J connectivity index is 2.41. The highest BCUT2D eigenvalue weighted by Gasteiger charge is 2.40. The SMILES string of the molecule is CCOC(=O)c1c(C)c(C(=O)C(C)N(C(=O)C(C)C)C2CC2)c(C)n1C. The largest absolute Gasteiger partial charge is 0.461 e. The Hall–Kier alpha value is -2.11. The lowest BCUT2D eigenvalue weighted by molar-refractivity contribution is -0.136. The maximum atomic E-state index is 13.3. The van der Waals surface area contributed by atoms with Crippen LogP contribution in [0.15, 0.2) is 0 Å². The van der Waals surface area contributed by atoms with E-state index in [-0.39, 0.29) is 30.3 Å². The molecule has 1 aliphatic rings. The van der Waals surface area contributed by atoms with E-state index in [0.29, 0.717) is 16.8 Å². The Morgan fingerprint density at radius 1 is 1.19 bits per heavy atom. The van der Waals surface area contributed by atoms with E-state index in [1.54, 1.807) is 37.3 Å². The summed E-state index contributed by atoms with van der Waals surface area (Å²) < 4.78 is 6.84. The normalized spacial score (nSPS) is 15.1. The van der Waals surface area contributed by atoms with E-state index in [9.17, 15) is 14.4 Å². The lowest BCUT2D eigenvalue weighted by atomic mass is 9.98. The van der Waals surface area contributed by atoms with Gasteiger partial charge in [-0.1, -0.05) is 13.8 Å². The zero-order chi connectivity index (χ0) is 19.8. The number of aromatic nitrogens is 1. The van der Waals surface area contributed by atoms with Crippen molar-refractivity contribution in [3.8, 4) is 0 Å². The fourth-order valence-electron chi connectivity index (χ4n) is 3.50. The number of hydrogen-bond donors (Lipinski definition) is 0. The van der Waals surface area contributed by atoms with Gasteiger partial charge >= 0.3 is 5.97 Å². The van der Waals surface area contributed by atoms with Gasteiger partial charge in [-0.25, -0.2) is 4.79 Å². The summed E-state index contributed by atoms with van der Waals surface area (Å²) in [6, 6.07) is -0.398. The number of nitrogens with zero attached hydrogens (tertiary/aromatic N) is 2. The van der Waals surface area contributed by atoms with Crippen LogP contribution in [-0.4, -0.2) is 45.8 Å². The minimum Gasteiger partial charge on any atom is -0.461 e. The van der Waals surface area contributed by atoms with Gasteiger partial charge in [0.05, 0.1) is 12.6 Å². The van der Waals surface area contributed by atoms with Crippen molar-refractivity contribution in [2.45, 2.75) is 66.5 Å². The van der Waals surface area contributed by atoms with Crippen molar-refractivity contribution >= 4 is 17.7 Å². The Kier molecular flexibility index (Phi) is 5.94. The topological polar surface area (TPSA) is 68.6 Å². The highest BCUT2D eigenvalue weighted by atomic mass is 16.5. The molecule has 1 unspecified atom stereocenters. The molecule has 1 atom stereocenters. The van der Waals surface area contributed by atoms with E-state index in [1.807, 2.05) is 20.8 Å². The number of esters is 1. The van der Waals surface area contributed by atoms with Crippen LogP contribution in [0.5, 0.6) is 0 Å². The number of hydrogen-bond acceptors (Lipinski definition) is 4. The van der Waals surface area contributed by atoms with Crippen molar-refractivity contribution in [2.24, 2.45) is 13.0 Å². The van der Waals surface area contributed by atoms with E-state index in [1.165, 1.54) is 0 Å². The molecule has 0 aliphatic heterocycles. The zero-order valence-electron chi connectivity index (χ0n) is 16.9. The third-order valence-corrected chi connectivity index (χ3v) is 5.13. The molecule has 1 aromatic rings. The first-order valence-electron chi connectivity index (χ1n) is 9.32. The van der Waals surface area contributed by atoms with Crippen LogP contribution in [0, 0.1) is 19.8 Å². The number of ketones is 1. The fourth-order valence-corrected chi connectivity index (χ4v) is 3.50. The van der Waals surface area contributed by atoms with Gasteiger partial charge in [-0.15, -0.1) is 0 Å². The van der Waals surface area contributed by atoms with E-state index in [4.69, 9.17) is 4.74 Å². The Bertz CT molecular complexity index is 729. The summed E-state index contributed by atoms with van der Waals surface area (Å²) in [5, 5.41) is 0. The van der Waals surface area contributed by atoms with Crippen LogP contribution >= 0.6 is 0 Å². The van der Waals surface area contributed by atoms with Gasteiger partial charge in [0.1, 0.15) is 5.69 Å². The second-order valence-corrected chi connectivity index (χ2v) is 7.39. The molecular formula is C20H30N2O4. The van der Waals surface area contributed by atoms with Crippen molar-refractivity contribution in [3.05, 3.63) is 22.5 Å². The quantitative estimate of drug-likeness (QED) is 0.552. The summed E-state index contributed by atoms with van der Waals surface area (Å²) in [6.07, 6.45) is 1.88. The average Bonchev–Trinajstić information content (AvgIpc) is 3.36. The monoisotopic (exact) mass is 362 g/mol. The molecule has 0 N–H and O–H groups in total. The first-order chi connectivity index (χ1) is 12.1. The molecule has 0 bridgehead atoms. The first kappa shape index (κ1) is 20.2. The molecule has 1 aromatic heterocycles. The molecule has 0 radical (unpaired) electrons. The summed E-state index contributed by atoms with van der Waals surface area (Å²) in [5.74, 6) is -0.698. The van der Waals surface area contributed by atoms with Crippen LogP contribution in [0.25, 0.3) is 0 Å². The third kappa shape index (κ3) is 3.55. The van der Waals surface area contributed by atoms with Crippen LogP contribution in [-0.2, 0) is 16.6 Å².